The second kappa shape index (κ2) is 8.60. The van der Waals surface area contributed by atoms with Crippen molar-refractivity contribution in [2.45, 2.75) is 6.92 Å². The van der Waals surface area contributed by atoms with E-state index in [2.05, 4.69) is 51.7 Å². The molecule has 134 valence electrons. The monoisotopic (exact) mass is 376 g/mol. The Hall–Kier alpha value is -1.70. The molecular weight excluding hydrogens is 352 g/mol. The Balaban J connectivity index is 1.55. The van der Waals surface area contributed by atoms with Crippen LogP contribution < -0.4 is 10.2 Å². The van der Waals surface area contributed by atoms with E-state index in [1.807, 2.05) is 0 Å². The van der Waals surface area contributed by atoms with E-state index in [-0.39, 0.29) is 0 Å². The molecule has 3 rings (SSSR count). The van der Waals surface area contributed by atoms with Gasteiger partial charge in [-0.3, -0.25) is 0 Å². The van der Waals surface area contributed by atoms with Crippen LogP contribution in [0.3, 0.4) is 0 Å². The summed E-state index contributed by atoms with van der Waals surface area (Å²) in [5.74, 6) is 0. The van der Waals surface area contributed by atoms with E-state index in [4.69, 9.17) is 21.9 Å². The van der Waals surface area contributed by atoms with Gasteiger partial charge >= 0.3 is 0 Å². The first kappa shape index (κ1) is 18.1. The van der Waals surface area contributed by atoms with Crippen LogP contribution in [0.25, 0.3) is 11.3 Å². The molecule has 0 spiro atoms. The van der Waals surface area contributed by atoms with E-state index < -0.39 is 0 Å². The van der Waals surface area contributed by atoms with Crippen LogP contribution in [-0.4, -0.2) is 61.4 Å². The Morgan fingerprint density at radius 3 is 2.64 bits per heavy atom. The first-order valence-corrected chi connectivity index (χ1v) is 9.75. The molecular formula is C18H24N4OS2. The predicted octanol–water partition coefficient (Wildman–Crippen LogP) is 2.76. The maximum atomic E-state index is 5.45. The molecule has 1 aliphatic rings. The van der Waals surface area contributed by atoms with Gasteiger partial charge in [0.2, 0.25) is 0 Å². The highest BCUT2D eigenvalue weighted by atomic mass is 32.1. The summed E-state index contributed by atoms with van der Waals surface area (Å²) < 4.78 is 5.04. The number of anilines is 1. The van der Waals surface area contributed by atoms with Crippen molar-refractivity contribution in [3.8, 4) is 11.3 Å². The van der Waals surface area contributed by atoms with Crippen molar-refractivity contribution in [1.29, 1.82) is 0 Å². The summed E-state index contributed by atoms with van der Waals surface area (Å²) in [5.41, 5.74) is 3.50. The zero-order valence-electron chi connectivity index (χ0n) is 14.7. The first-order chi connectivity index (χ1) is 12.2. The molecule has 1 fully saturated rings. The highest BCUT2D eigenvalue weighted by Gasteiger charge is 2.21. The number of nitrogens with zero attached hydrogens (tertiary/aromatic N) is 3. The van der Waals surface area contributed by atoms with E-state index in [9.17, 15) is 0 Å². The van der Waals surface area contributed by atoms with Gasteiger partial charge < -0.3 is 19.9 Å². The molecule has 25 heavy (non-hydrogen) atoms. The van der Waals surface area contributed by atoms with Crippen LogP contribution in [0.2, 0.25) is 0 Å². The van der Waals surface area contributed by atoms with Crippen LogP contribution in [0.15, 0.2) is 29.6 Å². The standard InChI is InChI=1S/C18H24N4OS2/c1-14-3-5-15(6-4-14)16-13-25-18(20-16)22-10-8-21(9-11-22)17(24)19-7-12-23-2/h3-6,13H,7-12H2,1-2H3,(H,19,24). The fourth-order valence-corrected chi connectivity index (χ4v) is 3.91. The lowest BCUT2D eigenvalue weighted by molar-refractivity contribution is 0.202. The van der Waals surface area contributed by atoms with Gasteiger partial charge in [-0.1, -0.05) is 29.8 Å². The highest BCUT2D eigenvalue weighted by Crippen LogP contribution is 2.28. The Morgan fingerprint density at radius 1 is 1.24 bits per heavy atom. The SMILES string of the molecule is COCCNC(=S)N1CCN(c2nc(-c3ccc(C)cc3)cs2)CC1. The number of nitrogens with one attached hydrogen (secondary N) is 1. The zero-order chi connectivity index (χ0) is 17.6. The third kappa shape index (κ3) is 4.68. The Kier molecular flexibility index (Phi) is 6.23. The van der Waals surface area contributed by atoms with Crippen LogP contribution in [0.5, 0.6) is 0 Å². The summed E-state index contributed by atoms with van der Waals surface area (Å²) in [6.07, 6.45) is 0. The molecule has 1 aliphatic heterocycles. The van der Waals surface area contributed by atoms with E-state index in [0.717, 1.165) is 48.7 Å². The maximum absolute atomic E-state index is 5.45. The number of benzene rings is 1. The van der Waals surface area contributed by atoms with Crippen molar-refractivity contribution in [1.82, 2.24) is 15.2 Å². The number of methoxy groups -OCH3 is 1. The molecule has 2 aromatic rings. The van der Waals surface area contributed by atoms with Gasteiger partial charge in [0, 0.05) is 50.8 Å². The molecule has 0 atom stereocenters. The van der Waals surface area contributed by atoms with Crippen LogP contribution in [0.4, 0.5) is 5.13 Å². The maximum Gasteiger partial charge on any atom is 0.185 e. The number of rotatable bonds is 5. The van der Waals surface area contributed by atoms with Gasteiger partial charge in [-0.05, 0) is 19.1 Å². The molecule has 5 nitrogen and oxygen atoms in total. The van der Waals surface area contributed by atoms with Crippen molar-refractivity contribution >= 4 is 33.8 Å². The lowest BCUT2D eigenvalue weighted by atomic mass is 10.1. The lowest BCUT2D eigenvalue weighted by Gasteiger charge is -2.36. The number of thiazole rings is 1. The summed E-state index contributed by atoms with van der Waals surface area (Å²) in [5, 5.41) is 7.29. The molecule has 0 amide bonds. The zero-order valence-corrected chi connectivity index (χ0v) is 16.3. The highest BCUT2D eigenvalue weighted by molar-refractivity contribution is 7.80. The van der Waals surface area contributed by atoms with Crippen molar-refractivity contribution in [2.75, 3.05) is 51.3 Å². The Labute approximate surface area is 158 Å². The number of piperazine rings is 1. The molecule has 2 heterocycles. The number of hydrogen-bond acceptors (Lipinski definition) is 5. The second-order valence-corrected chi connectivity index (χ2v) is 7.30. The van der Waals surface area contributed by atoms with E-state index >= 15 is 0 Å². The minimum Gasteiger partial charge on any atom is -0.383 e. The van der Waals surface area contributed by atoms with Crippen LogP contribution in [-0.2, 0) is 4.74 Å². The van der Waals surface area contributed by atoms with Gasteiger partial charge in [-0.15, -0.1) is 11.3 Å². The van der Waals surface area contributed by atoms with Gasteiger partial charge in [0.15, 0.2) is 10.2 Å². The Morgan fingerprint density at radius 2 is 1.96 bits per heavy atom. The average Bonchev–Trinajstić information content (AvgIpc) is 3.13. The van der Waals surface area contributed by atoms with Crippen molar-refractivity contribution in [3.63, 3.8) is 0 Å². The second-order valence-electron chi connectivity index (χ2n) is 6.08. The largest absolute Gasteiger partial charge is 0.383 e. The molecule has 0 saturated carbocycles. The number of ether oxygens (including phenoxy) is 1. The number of aryl methyl sites for hydroxylation is 1. The van der Waals surface area contributed by atoms with Gasteiger partial charge in [-0.2, -0.15) is 0 Å². The van der Waals surface area contributed by atoms with Crippen LogP contribution >= 0.6 is 23.6 Å². The molecule has 1 saturated heterocycles. The third-order valence-electron chi connectivity index (χ3n) is 4.26. The van der Waals surface area contributed by atoms with Crippen molar-refractivity contribution in [3.05, 3.63) is 35.2 Å². The van der Waals surface area contributed by atoms with Gasteiger partial charge in [0.25, 0.3) is 0 Å². The fourth-order valence-electron chi connectivity index (χ4n) is 2.74. The summed E-state index contributed by atoms with van der Waals surface area (Å²) in [4.78, 5) is 9.39. The third-order valence-corrected chi connectivity index (χ3v) is 5.56. The average molecular weight is 377 g/mol. The first-order valence-electron chi connectivity index (χ1n) is 8.46. The smallest absolute Gasteiger partial charge is 0.185 e. The Bertz CT molecular complexity index is 693. The summed E-state index contributed by atoms with van der Waals surface area (Å²) >= 11 is 7.16. The normalized spacial score (nSPS) is 14.6. The van der Waals surface area contributed by atoms with E-state index in [0.29, 0.717) is 6.61 Å². The van der Waals surface area contributed by atoms with Gasteiger partial charge in [-0.25, -0.2) is 4.98 Å². The summed E-state index contributed by atoms with van der Waals surface area (Å²) in [6.45, 7) is 7.23. The fraction of sp³-hybridized carbons (Fsp3) is 0.444. The summed E-state index contributed by atoms with van der Waals surface area (Å²) in [6, 6.07) is 8.53. The van der Waals surface area contributed by atoms with Crippen molar-refractivity contribution < 1.29 is 4.74 Å². The predicted molar refractivity (Wildman–Crippen MR) is 109 cm³/mol. The molecule has 1 N–H and O–H groups in total. The molecule has 0 unspecified atom stereocenters. The molecule has 0 bridgehead atoms. The molecule has 0 aliphatic carbocycles. The van der Waals surface area contributed by atoms with Gasteiger partial charge in [0.05, 0.1) is 12.3 Å². The van der Waals surface area contributed by atoms with Crippen LogP contribution in [0, 0.1) is 6.92 Å². The molecule has 7 heteroatoms. The van der Waals surface area contributed by atoms with Crippen molar-refractivity contribution in [2.24, 2.45) is 0 Å². The lowest BCUT2D eigenvalue weighted by Crippen LogP contribution is -2.52. The minimum atomic E-state index is 0.668. The molecule has 1 aromatic carbocycles. The molecule has 1 aromatic heterocycles. The number of hydrogen-bond donors (Lipinski definition) is 1. The van der Waals surface area contributed by atoms with E-state index in [1.54, 1.807) is 18.4 Å². The van der Waals surface area contributed by atoms with E-state index in [1.165, 1.54) is 11.1 Å². The minimum absolute atomic E-state index is 0.668. The molecule has 0 radical (unpaired) electrons. The van der Waals surface area contributed by atoms with Gasteiger partial charge in [0.1, 0.15) is 0 Å². The summed E-state index contributed by atoms with van der Waals surface area (Å²) in [7, 11) is 1.70. The number of aromatic nitrogens is 1. The number of thiocarbonyl (C=S) groups is 1. The topological polar surface area (TPSA) is 40.6 Å². The van der Waals surface area contributed by atoms with Crippen LogP contribution in [0.1, 0.15) is 5.56 Å². The quantitative estimate of drug-likeness (QED) is 0.639.